The Morgan fingerprint density at radius 2 is 2.31 bits per heavy atom. The minimum absolute atomic E-state index is 0.353. The Labute approximate surface area is 106 Å². The van der Waals surface area contributed by atoms with Gasteiger partial charge in [0, 0.05) is 34.7 Å². The molecule has 1 heterocycles. The zero-order chi connectivity index (χ0) is 11.5. The van der Waals surface area contributed by atoms with Crippen LogP contribution in [0.3, 0.4) is 0 Å². The van der Waals surface area contributed by atoms with Crippen molar-refractivity contribution in [3.8, 4) is 5.75 Å². The van der Waals surface area contributed by atoms with Gasteiger partial charge in [-0.15, -0.1) is 0 Å². The summed E-state index contributed by atoms with van der Waals surface area (Å²) >= 11 is 8.08. The molecule has 2 rings (SSSR count). The molecule has 1 saturated heterocycles. The van der Waals surface area contributed by atoms with Gasteiger partial charge in [0.25, 0.3) is 0 Å². The predicted molar refractivity (Wildman–Crippen MR) is 70.8 cm³/mol. The number of benzene rings is 1. The van der Waals surface area contributed by atoms with Crippen LogP contribution >= 0.6 is 23.4 Å². The molecule has 16 heavy (non-hydrogen) atoms. The van der Waals surface area contributed by atoms with Crippen LogP contribution in [-0.4, -0.2) is 25.2 Å². The molecular formula is C12H16ClNOS. The van der Waals surface area contributed by atoms with Crippen molar-refractivity contribution in [2.75, 3.05) is 25.2 Å². The zero-order valence-electron chi connectivity index (χ0n) is 9.55. The molecule has 0 aromatic heterocycles. The first-order valence-corrected chi connectivity index (χ1v) is 6.91. The summed E-state index contributed by atoms with van der Waals surface area (Å²) in [4.78, 5) is 0. The first kappa shape index (κ1) is 12.1. The lowest BCUT2D eigenvalue weighted by Crippen LogP contribution is -2.30. The largest absolute Gasteiger partial charge is 0.496 e. The van der Waals surface area contributed by atoms with Crippen molar-refractivity contribution in [3.05, 3.63) is 28.3 Å². The first-order chi connectivity index (χ1) is 7.72. The first-order valence-electron chi connectivity index (χ1n) is 5.37. The van der Waals surface area contributed by atoms with Gasteiger partial charge >= 0.3 is 0 Å². The van der Waals surface area contributed by atoms with E-state index in [1.165, 1.54) is 11.3 Å². The van der Waals surface area contributed by atoms with E-state index in [9.17, 15) is 0 Å². The molecule has 0 aliphatic carbocycles. The van der Waals surface area contributed by atoms with Crippen LogP contribution in [0.1, 0.15) is 17.2 Å². The van der Waals surface area contributed by atoms with Crippen molar-refractivity contribution >= 4 is 23.4 Å². The molecule has 1 atom stereocenters. The molecule has 1 aliphatic rings. The van der Waals surface area contributed by atoms with Crippen molar-refractivity contribution in [2.45, 2.75) is 13.0 Å². The van der Waals surface area contributed by atoms with Crippen LogP contribution in [0.25, 0.3) is 0 Å². The maximum Gasteiger partial charge on any atom is 0.126 e. The van der Waals surface area contributed by atoms with E-state index in [2.05, 4.69) is 5.32 Å². The van der Waals surface area contributed by atoms with Crippen LogP contribution in [0, 0.1) is 6.92 Å². The molecule has 4 heteroatoms. The summed E-state index contributed by atoms with van der Waals surface area (Å²) in [6.45, 7) is 3.08. The average molecular weight is 258 g/mol. The van der Waals surface area contributed by atoms with Gasteiger partial charge in [0.15, 0.2) is 0 Å². The lowest BCUT2D eigenvalue weighted by atomic mass is 10.0. The van der Waals surface area contributed by atoms with Gasteiger partial charge in [-0.3, -0.25) is 0 Å². The summed E-state index contributed by atoms with van der Waals surface area (Å²) in [6.07, 6.45) is 0. The SMILES string of the molecule is COc1c(C)cc(Cl)cc1C1CSCCN1. The average Bonchev–Trinajstić information content (AvgIpc) is 2.29. The van der Waals surface area contributed by atoms with Crippen molar-refractivity contribution < 1.29 is 4.74 Å². The minimum atomic E-state index is 0.353. The third-order valence-corrected chi connectivity index (χ3v) is 4.05. The molecule has 0 bridgehead atoms. The van der Waals surface area contributed by atoms with Crippen LogP contribution < -0.4 is 10.1 Å². The minimum Gasteiger partial charge on any atom is -0.496 e. The maximum absolute atomic E-state index is 6.11. The lowest BCUT2D eigenvalue weighted by molar-refractivity contribution is 0.399. The summed E-state index contributed by atoms with van der Waals surface area (Å²) in [5.74, 6) is 3.22. The third kappa shape index (κ3) is 2.47. The summed E-state index contributed by atoms with van der Waals surface area (Å²) < 4.78 is 5.48. The highest BCUT2D eigenvalue weighted by atomic mass is 35.5. The van der Waals surface area contributed by atoms with Gasteiger partial charge in [-0.1, -0.05) is 11.6 Å². The smallest absolute Gasteiger partial charge is 0.126 e. The van der Waals surface area contributed by atoms with E-state index in [0.717, 1.165) is 28.6 Å². The third-order valence-electron chi connectivity index (χ3n) is 2.77. The van der Waals surface area contributed by atoms with E-state index in [4.69, 9.17) is 16.3 Å². The fourth-order valence-corrected chi connectivity index (χ4v) is 3.30. The summed E-state index contributed by atoms with van der Waals surface area (Å²) in [7, 11) is 1.72. The Hall–Kier alpha value is -0.380. The van der Waals surface area contributed by atoms with Gasteiger partial charge in [0.2, 0.25) is 0 Å². The fourth-order valence-electron chi connectivity index (χ4n) is 2.06. The number of aryl methyl sites for hydroxylation is 1. The Morgan fingerprint density at radius 1 is 1.50 bits per heavy atom. The Morgan fingerprint density at radius 3 is 2.94 bits per heavy atom. The number of thioether (sulfide) groups is 1. The molecule has 1 N–H and O–H groups in total. The number of hydrogen-bond donors (Lipinski definition) is 1. The van der Waals surface area contributed by atoms with E-state index in [1.54, 1.807) is 7.11 Å². The second kappa shape index (κ2) is 5.30. The lowest BCUT2D eigenvalue weighted by Gasteiger charge is -2.26. The van der Waals surface area contributed by atoms with Crippen molar-refractivity contribution in [1.82, 2.24) is 5.32 Å². The molecular weight excluding hydrogens is 242 g/mol. The molecule has 0 amide bonds. The highest BCUT2D eigenvalue weighted by Gasteiger charge is 2.20. The quantitative estimate of drug-likeness (QED) is 0.880. The Bertz CT molecular complexity index is 378. The second-order valence-electron chi connectivity index (χ2n) is 3.93. The molecule has 0 radical (unpaired) electrons. The Kier molecular flexibility index (Phi) is 4.00. The van der Waals surface area contributed by atoms with E-state index in [1.807, 2.05) is 30.8 Å². The molecule has 1 aromatic carbocycles. The molecule has 1 fully saturated rings. The predicted octanol–water partition coefficient (Wildman–Crippen LogP) is 3.03. The molecule has 88 valence electrons. The highest BCUT2D eigenvalue weighted by Crippen LogP contribution is 2.34. The van der Waals surface area contributed by atoms with Gasteiger partial charge < -0.3 is 10.1 Å². The van der Waals surface area contributed by atoms with Crippen molar-refractivity contribution in [1.29, 1.82) is 0 Å². The number of rotatable bonds is 2. The molecule has 0 spiro atoms. The van der Waals surface area contributed by atoms with Crippen molar-refractivity contribution in [2.24, 2.45) is 0 Å². The summed E-state index contributed by atoms with van der Waals surface area (Å²) in [5.41, 5.74) is 2.28. The topological polar surface area (TPSA) is 21.3 Å². The summed E-state index contributed by atoms with van der Waals surface area (Å²) in [6, 6.07) is 4.31. The van der Waals surface area contributed by atoms with Gasteiger partial charge in [-0.05, 0) is 24.6 Å². The van der Waals surface area contributed by atoms with Crippen LogP contribution in [0.15, 0.2) is 12.1 Å². The van der Waals surface area contributed by atoms with Crippen LogP contribution in [0.5, 0.6) is 5.75 Å². The van der Waals surface area contributed by atoms with Crippen LogP contribution in [-0.2, 0) is 0 Å². The number of halogens is 1. The fraction of sp³-hybridized carbons (Fsp3) is 0.500. The number of methoxy groups -OCH3 is 1. The van der Waals surface area contributed by atoms with Gasteiger partial charge in [0.05, 0.1) is 7.11 Å². The number of hydrogen-bond acceptors (Lipinski definition) is 3. The normalized spacial score (nSPS) is 20.8. The monoisotopic (exact) mass is 257 g/mol. The molecule has 1 aliphatic heterocycles. The van der Waals surface area contributed by atoms with E-state index in [-0.39, 0.29) is 0 Å². The maximum atomic E-state index is 6.11. The number of ether oxygens (including phenoxy) is 1. The molecule has 0 saturated carbocycles. The van der Waals surface area contributed by atoms with Crippen LogP contribution in [0.4, 0.5) is 0 Å². The van der Waals surface area contributed by atoms with Crippen LogP contribution in [0.2, 0.25) is 5.02 Å². The second-order valence-corrected chi connectivity index (χ2v) is 5.51. The highest BCUT2D eigenvalue weighted by molar-refractivity contribution is 7.99. The van der Waals surface area contributed by atoms with E-state index in [0.29, 0.717) is 6.04 Å². The standard InChI is InChI=1S/C12H16ClNOS/c1-8-5-9(13)6-10(12(8)15-2)11-7-16-4-3-14-11/h5-6,11,14H,3-4,7H2,1-2H3. The number of nitrogens with one attached hydrogen (secondary N) is 1. The zero-order valence-corrected chi connectivity index (χ0v) is 11.1. The molecule has 1 aromatic rings. The van der Waals surface area contributed by atoms with Crippen molar-refractivity contribution in [3.63, 3.8) is 0 Å². The Balaban J connectivity index is 2.36. The molecule has 2 nitrogen and oxygen atoms in total. The summed E-state index contributed by atoms with van der Waals surface area (Å²) in [5, 5.41) is 4.29. The van der Waals surface area contributed by atoms with Gasteiger partial charge in [-0.2, -0.15) is 11.8 Å². The van der Waals surface area contributed by atoms with E-state index < -0.39 is 0 Å². The van der Waals surface area contributed by atoms with Gasteiger partial charge in [-0.25, -0.2) is 0 Å². The van der Waals surface area contributed by atoms with E-state index >= 15 is 0 Å². The van der Waals surface area contributed by atoms with Gasteiger partial charge in [0.1, 0.15) is 5.75 Å². The molecule has 1 unspecified atom stereocenters.